The van der Waals surface area contributed by atoms with E-state index in [-0.39, 0.29) is 24.0 Å². The van der Waals surface area contributed by atoms with Crippen LogP contribution in [0.15, 0.2) is 18.5 Å². The third-order valence-electron chi connectivity index (χ3n) is 4.52. The Kier molecular flexibility index (Phi) is 4.05. The second kappa shape index (κ2) is 5.97. The zero-order valence-corrected chi connectivity index (χ0v) is 12.4. The molecule has 0 spiro atoms. The van der Waals surface area contributed by atoms with E-state index < -0.39 is 0 Å². The van der Waals surface area contributed by atoms with Crippen molar-refractivity contribution >= 4 is 11.9 Å². The van der Waals surface area contributed by atoms with Crippen LogP contribution in [0.1, 0.15) is 26.2 Å². The molecule has 2 fully saturated rings. The Morgan fingerprint density at radius 2 is 2.05 bits per heavy atom. The minimum absolute atomic E-state index is 0.144. The first kappa shape index (κ1) is 14.3. The monoisotopic (exact) mass is 290 g/mol. The van der Waals surface area contributed by atoms with Gasteiger partial charge in [0, 0.05) is 32.0 Å². The summed E-state index contributed by atoms with van der Waals surface area (Å²) in [5.74, 6) is 0.933. The molecule has 0 aliphatic carbocycles. The Bertz CT molecular complexity index is 496. The average Bonchev–Trinajstić information content (AvgIpc) is 2.99. The van der Waals surface area contributed by atoms with Crippen molar-refractivity contribution in [3.8, 4) is 0 Å². The van der Waals surface area contributed by atoms with Gasteiger partial charge in [0.25, 0.3) is 0 Å². The van der Waals surface area contributed by atoms with Crippen LogP contribution < -0.4 is 4.90 Å². The highest BCUT2D eigenvalue weighted by molar-refractivity contribution is 5.85. The average molecular weight is 290 g/mol. The summed E-state index contributed by atoms with van der Waals surface area (Å²) >= 11 is 0. The molecule has 1 N–H and O–H groups in total. The molecule has 3 heterocycles. The summed E-state index contributed by atoms with van der Waals surface area (Å²) in [6.45, 7) is 4.10. The van der Waals surface area contributed by atoms with Crippen molar-refractivity contribution in [3.63, 3.8) is 0 Å². The molecule has 2 saturated heterocycles. The summed E-state index contributed by atoms with van der Waals surface area (Å²) in [4.78, 5) is 25.2. The third kappa shape index (κ3) is 2.85. The molecule has 1 aromatic heterocycles. The minimum Gasteiger partial charge on any atom is -0.393 e. The van der Waals surface area contributed by atoms with E-state index in [1.165, 1.54) is 0 Å². The number of aromatic nitrogens is 2. The van der Waals surface area contributed by atoms with Crippen LogP contribution in [-0.4, -0.2) is 57.7 Å². The normalized spacial score (nSPS) is 29.7. The molecule has 0 radical (unpaired) electrons. The van der Waals surface area contributed by atoms with Gasteiger partial charge >= 0.3 is 0 Å². The summed E-state index contributed by atoms with van der Waals surface area (Å²) in [7, 11) is 0. The van der Waals surface area contributed by atoms with Crippen LogP contribution in [0.4, 0.5) is 5.95 Å². The van der Waals surface area contributed by atoms with E-state index in [0.717, 1.165) is 19.4 Å². The van der Waals surface area contributed by atoms with E-state index in [0.29, 0.717) is 25.5 Å². The molecule has 3 rings (SSSR count). The smallest absolute Gasteiger partial charge is 0.245 e. The first-order chi connectivity index (χ1) is 10.2. The van der Waals surface area contributed by atoms with Crippen LogP contribution in [0, 0.1) is 5.92 Å². The third-order valence-corrected chi connectivity index (χ3v) is 4.52. The molecule has 3 unspecified atom stereocenters. The summed E-state index contributed by atoms with van der Waals surface area (Å²) in [5, 5.41) is 9.80. The van der Waals surface area contributed by atoms with E-state index in [2.05, 4.69) is 9.97 Å². The summed E-state index contributed by atoms with van der Waals surface area (Å²) in [6.07, 6.45) is 5.64. The SMILES string of the molecule is CC1CN(C(=O)C2CCCN2c2ncccn2)CCC1O. The number of likely N-dealkylation sites (tertiary alicyclic amines) is 1. The maximum atomic E-state index is 12.8. The molecule has 0 bridgehead atoms. The molecule has 0 aromatic carbocycles. The zero-order valence-electron chi connectivity index (χ0n) is 12.4. The first-order valence-electron chi connectivity index (χ1n) is 7.67. The largest absolute Gasteiger partial charge is 0.393 e. The molecule has 0 saturated carbocycles. The van der Waals surface area contributed by atoms with E-state index in [9.17, 15) is 9.90 Å². The van der Waals surface area contributed by atoms with Gasteiger partial charge in [-0.15, -0.1) is 0 Å². The fourth-order valence-corrected chi connectivity index (χ4v) is 3.25. The Morgan fingerprint density at radius 1 is 1.29 bits per heavy atom. The lowest BCUT2D eigenvalue weighted by Gasteiger charge is -2.37. The van der Waals surface area contributed by atoms with Gasteiger partial charge in [0.15, 0.2) is 0 Å². The Balaban J connectivity index is 1.72. The highest BCUT2D eigenvalue weighted by Crippen LogP contribution is 2.25. The number of hydrogen-bond donors (Lipinski definition) is 1. The van der Waals surface area contributed by atoms with Crippen molar-refractivity contribution in [2.45, 2.75) is 38.3 Å². The predicted molar refractivity (Wildman–Crippen MR) is 78.8 cm³/mol. The molecular formula is C15H22N4O2. The van der Waals surface area contributed by atoms with Gasteiger partial charge in [0.2, 0.25) is 11.9 Å². The number of carbonyl (C=O) groups excluding carboxylic acids is 1. The number of amides is 1. The molecule has 1 aromatic rings. The number of piperidine rings is 1. The maximum absolute atomic E-state index is 12.8. The van der Waals surface area contributed by atoms with Crippen molar-refractivity contribution in [2.75, 3.05) is 24.5 Å². The molecule has 2 aliphatic heterocycles. The quantitative estimate of drug-likeness (QED) is 0.867. The van der Waals surface area contributed by atoms with Gasteiger partial charge in [-0.3, -0.25) is 4.79 Å². The summed E-state index contributed by atoms with van der Waals surface area (Å²) in [5.41, 5.74) is 0. The number of hydrogen-bond acceptors (Lipinski definition) is 5. The van der Waals surface area contributed by atoms with Gasteiger partial charge in [-0.25, -0.2) is 9.97 Å². The number of aliphatic hydroxyl groups is 1. The highest BCUT2D eigenvalue weighted by atomic mass is 16.3. The van der Waals surface area contributed by atoms with Crippen LogP contribution in [0.5, 0.6) is 0 Å². The fraction of sp³-hybridized carbons (Fsp3) is 0.667. The van der Waals surface area contributed by atoms with Crippen LogP contribution in [0.3, 0.4) is 0 Å². The number of rotatable bonds is 2. The van der Waals surface area contributed by atoms with Crippen molar-refractivity contribution in [2.24, 2.45) is 5.92 Å². The second-order valence-corrected chi connectivity index (χ2v) is 6.02. The number of nitrogens with zero attached hydrogens (tertiary/aromatic N) is 4. The van der Waals surface area contributed by atoms with E-state index in [1.807, 2.05) is 16.7 Å². The fourth-order valence-electron chi connectivity index (χ4n) is 3.25. The Labute approximate surface area is 124 Å². The van der Waals surface area contributed by atoms with Gasteiger partial charge in [0.1, 0.15) is 6.04 Å². The molecule has 114 valence electrons. The van der Waals surface area contributed by atoms with Gasteiger partial charge in [-0.05, 0) is 31.2 Å². The Morgan fingerprint density at radius 3 is 2.76 bits per heavy atom. The Hall–Kier alpha value is -1.69. The van der Waals surface area contributed by atoms with Crippen LogP contribution in [0.25, 0.3) is 0 Å². The van der Waals surface area contributed by atoms with Crippen LogP contribution in [-0.2, 0) is 4.79 Å². The maximum Gasteiger partial charge on any atom is 0.245 e. The van der Waals surface area contributed by atoms with E-state index in [4.69, 9.17) is 0 Å². The molecule has 6 heteroatoms. The number of carbonyl (C=O) groups is 1. The molecule has 1 amide bonds. The summed E-state index contributed by atoms with van der Waals surface area (Å²) in [6, 6.07) is 1.62. The first-order valence-corrected chi connectivity index (χ1v) is 7.67. The number of aliphatic hydroxyl groups excluding tert-OH is 1. The van der Waals surface area contributed by atoms with E-state index in [1.54, 1.807) is 18.5 Å². The van der Waals surface area contributed by atoms with Gasteiger partial charge < -0.3 is 14.9 Å². The molecule has 3 atom stereocenters. The minimum atomic E-state index is -0.286. The van der Waals surface area contributed by atoms with Crippen molar-refractivity contribution in [3.05, 3.63) is 18.5 Å². The van der Waals surface area contributed by atoms with Crippen LogP contribution in [0.2, 0.25) is 0 Å². The lowest BCUT2D eigenvalue weighted by atomic mass is 9.96. The van der Waals surface area contributed by atoms with Crippen LogP contribution >= 0.6 is 0 Å². The lowest BCUT2D eigenvalue weighted by molar-refractivity contribution is -0.135. The lowest BCUT2D eigenvalue weighted by Crippen LogP contribution is -2.51. The predicted octanol–water partition coefficient (Wildman–Crippen LogP) is 0.675. The zero-order chi connectivity index (χ0) is 14.8. The standard InChI is InChI=1S/C15H22N4O2/c1-11-10-18(9-5-13(11)20)14(21)12-4-2-8-19(12)15-16-6-3-7-17-15/h3,6-7,11-13,20H,2,4-5,8-10H2,1H3. The molecular weight excluding hydrogens is 268 g/mol. The highest BCUT2D eigenvalue weighted by Gasteiger charge is 2.37. The van der Waals surface area contributed by atoms with Gasteiger partial charge in [0.05, 0.1) is 6.10 Å². The van der Waals surface area contributed by atoms with Gasteiger partial charge in [-0.2, -0.15) is 0 Å². The second-order valence-electron chi connectivity index (χ2n) is 6.02. The van der Waals surface area contributed by atoms with Crippen molar-refractivity contribution in [1.29, 1.82) is 0 Å². The molecule has 6 nitrogen and oxygen atoms in total. The summed E-state index contributed by atoms with van der Waals surface area (Å²) < 4.78 is 0. The van der Waals surface area contributed by atoms with Crippen molar-refractivity contribution in [1.82, 2.24) is 14.9 Å². The number of anilines is 1. The van der Waals surface area contributed by atoms with Gasteiger partial charge in [-0.1, -0.05) is 6.92 Å². The molecule has 2 aliphatic rings. The topological polar surface area (TPSA) is 69.6 Å². The molecule has 21 heavy (non-hydrogen) atoms. The van der Waals surface area contributed by atoms with E-state index >= 15 is 0 Å². The van der Waals surface area contributed by atoms with Crippen molar-refractivity contribution < 1.29 is 9.90 Å².